The van der Waals surface area contributed by atoms with Crippen LogP contribution in [0.4, 0.5) is 52.7 Å². The van der Waals surface area contributed by atoms with E-state index in [9.17, 15) is 57.8 Å². The van der Waals surface area contributed by atoms with Gasteiger partial charge in [-0.1, -0.05) is 54.6 Å². The first-order valence-electron chi connectivity index (χ1n) is 17.4. The molecular weight excluding hydrogens is 1060 g/mol. The Bertz CT molecular complexity index is 3000. The van der Waals surface area contributed by atoms with E-state index in [-0.39, 0.29) is 138 Å². The second-order valence-corrected chi connectivity index (χ2v) is 12.3. The molecule has 0 aliphatic carbocycles. The Morgan fingerprint density at radius 3 is 1.46 bits per heavy atom. The molecule has 0 aliphatic heterocycles. The van der Waals surface area contributed by atoms with E-state index in [1.807, 2.05) is 0 Å². The van der Waals surface area contributed by atoms with Crippen molar-refractivity contribution in [1.29, 1.82) is 15.8 Å². The van der Waals surface area contributed by atoms with Gasteiger partial charge in [-0.3, -0.25) is 9.18 Å². The zero-order valence-corrected chi connectivity index (χ0v) is 41.8. The number of carbonyl (C=O) groups excluding carboxylic acids is 1. The van der Waals surface area contributed by atoms with E-state index in [1.54, 1.807) is 24.3 Å². The molecule has 27 heteroatoms. The Labute approximate surface area is 471 Å². The van der Waals surface area contributed by atoms with E-state index in [0.717, 1.165) is 24.3 Å². The number of benzene rings is 6. The standard InChI is InChI=1S/C13H5F4NO.C13H4F3NO.C7BrF4N.C6H7BO3.CH3F.CH2O3.2K.H/c14-10-7(5-18)11(15)13(17)9(12(10)16)6-3-1-2-4-8(6)19;14-10-7(5-17)11(15)13-9(12(10)16)6-3-1-2-4-8(6)18-13;8-3-6(11)4(9)2(1-13)5(10)7(3)12;8-6-4-2-1-3-5(6)7(9)10;1-2;2-1-4-3;;;/h1-4,19H;1-4H;;1-4,8-10H;1H3;1,3H;;;/q;;;;;;2*+1;-1/p-1/i;;;;1D;;;;. The quantitative estimate of drug-likeness (QED) is 0.0384. The van der Waals surface area contributed by atoms with Gasteiger partial charge >= 0.3 is 110 Å². The number of fused-ring (bicyclic) bond motifs is 3. The molecule has 0 saturated carbocycles. The second-order valence-electron chi connectivity index (χ2n) is 11.5. The molecule has 68 heavy (non-hydrogen) atoms. The van der Waals surface area contributed by atoms with Gasteiger partial charge in [0.2, 0.25) is 0 Å². The molecular formula is C41H21BBrF12K2N3O8. The molecule has 344 valence electrons. The Balaban J connectivity index is 0. The van der Waals surface area contributed by atoms with Gasteiger partial charge in [0.15, 0.2) is 69.6 Å². The van der Waals surface area contributed by atoms with Crippen LogP contribution in [-0.4, -0.2) is 41.0 Å². The summed E-state index contributed by atoms with van der Waals surface area (Å²) in [5, 5.41) is 69.3. The summed E-state index contributed by atoms with van der Waals surface area (Å²) in [5.41, 5.74) is -5.10. The number of aromatic hydroxyl groups is 2. The van der Waals surface area contributed by atoms with Crippen molar-refractivity contribution in [2.45, 2.75) is 0 Å². The number of hydrogen-bond donors (Lipinski definition) is 4. The van der Waals surface area contributed by atoms with Crippen molar-refractivity contribution in [3.8, 4) is 40.8 Å². The zero-order chi connectivity index (χ0) is 50.9. The number of phenolic OH excluding ortho intramolecular Hbond substituents is 2. The molecule has 0 unspecified atom stereocenters. The van der Waals surface area contributed by atoms with Crippen LogP contribution >= 0.6 is 15.9 Å². The monoisotopic (exact) mass is 1080 g/mol. The predicted octanol–water partition coefficient (Wildman–Crippen LogP) is 2.45. The van der Waals surface area contributed by atoms with E-state index >= 15 is 0 Å². The fraction of sp³-hybridized carbons (Fsp3) is 0.0244. The van der Waals surface area contributed by atoms with Gasteiger partial charge in [-0.15, -0.1) is 0 Å². The SMILES string of the molecule is N#Cc1c(F)c(F)c(-c2ccccc2O)c(F)c1F.N#Cc1c(F)c(F)c(Br)c(F)c1F.N#Cc1c(F)c(F)c2c(oc3ccccc32)c1F.O=CO[O-].OB(O)c1ccccc1O.[2H]CF.[H-].[K+].[K+]. The molecule has 1 aromatic heterocycles. The predicted molar refractivity (Wildman–Crippen MR) is 208 cm³/mol. The zero-order valence-electron chi connectivity index (χ0n) is 36.0. The maximum atomic E-state index is 13.8. The van der Waals surface area contributed by atoms with Crippen LogP contribution in [0.15, 0.2) is 81.7 Å². The Kier molecular flexibility index (Phi) is 27.3. The molecule has 7 rings (SSSR count). The molecule has 0 saturated heterocycles. The fourth-order valence-electron chi connectivity index (χ4n) is 5.01. The third-order valence-corrected chi connectivity index (χ3v) is 8.58. The third-order valence-electron chi connectivity index (χ3n) is 7.88. The first kappa shape index (κ1) is 61.5. The number of para-hydroxylation sites is 3. The molecule has 1 heterocycles. The maximum absolute atomic E-state index is 13.8. The Hall–Kier alpha value is -4.48. The van der Waals surface area contributed by atoms with E-state index in [0.29, 0.717) is 0 Å². The van der Waals surface area contributed by atoms with Crippen LogP contribution in [0.3, 0.4) is 0 Å². The van der Waals surface area contributed by atoms with E-state index in [1.165, 1.54) is 42.5 Å². The number of halogens is 13. The minimum atomic E-state index is -1.79. The van der Waals surface area contributed by atoms with Crippen LogP contribution in [0.1, 0.15) is 19.5 Å². The first-order chi connectivity index (χ1) is 31.7. The van der Waals surface area contributed by atoms with Crippen molar-refractivity contribution in [2.75, 3.05) is 7.15 Å². The van der Waals surface area contributed by atoms with Crippen LogP contribution in [0, 0.1) is 98.0 Å². The van der Waals surface area contributed by atoms with Crippen LogP contribution in [0.25, 0.3) is 33.1 Å². The molecule has 6 aromatic carbocycles. The Morgan fingerprint density at radius 1 is 0.662 bits per heavy atom. The number of nitriles is 3. The van der Waals surface area contributed by atoms with Crippen LogP contribution in [-0.2, 0) is 9.68 Å². The number of furan rings is 1. The van der Waals surface area contributed by atoms with Crippen LogP contribution in [0.2, 0.25) is 0 Å². The number of nitrogens with zero attached hydrogens (tertiary/aromatic N) is 3. The van der Waals surface area contributed by atoms with E-state index in [2.05, 4.69) is 20.8 Å². The van der Waals surface area contributed by atoms with Crippen molar-refractivity contribution >= 4 is 56.9 Å². The number of alkyl halides is 1. The van der Waals surface area contributed by atoms with E-state index < -0.39 is 122 Å². The van der Waals surface area contributed by atoms with Gasteiger partial charge in [0.1, 0.15) is 52.0 Å². The van der Waals surface area contributed by atoms with Crippen molar-refractivity contribution in [3.63, 3.8) is 0 Å². The molecule has 0 bridgehead atoms. The van der Waals surface area contributed by atoms with Gasteiger partial charge in [-0.2, -0.15) is 15.8 Å². The maximum Gasteiger partial charge on any atom is 1.00 e. The van der Waals surface area contributed by atoms with Crippen molar-refractivity contribution < 1.29 is 198 Å². The average Bonchev–Trinajstić information content (AvgIpc) is 3.72. The van der Waals surface area contributed by atoms with Gasteiger partial charge in [0.05, 0.1) is 23.9 Å². The molecule has 0 radical (unpaired) electrons. The van der Waals surface area contributed by atoms with Gasteiger partial charge in [-0.05, 0) is 34.1 Å². The number of carbonyl (C=O) groups is 1. The minimum Gasteiger partial charge on any atom is -1.00 e. The largest absolute Gasteiger partial charge is 1.00 e. The third kappa shape index (κ3) is 14.8. The number of rotatable bonds is 3. The summed E-state index contributed by atoms with van der Waals surface area (Å²) in [6.07, 6.45) is 0. The first-order valence-corrected chi connectivity index (χ1v) is 17.5. The van der Waals surface area contributed by atoms with Crippen molar-refractivity contribution in [1.82, 2.24) is 0 Å². The topological polar surface area (TPSA) is 215 Å². The summed E-state index contributed by atoms with van der Waals surface area (Å²) in [5.74, 6) is -18.2. The van der Waals surface area contributed by atoms with Gasteiger partial charge in [0, 0.05) is 16.4 Å². The summed E-state index contributed by atoms with van der Waals surface area (Å²) in [6.45, 7) is -0.181. The summed E-state index contributed by atoms with van der Waals surface area (Å²) in [4.78, 5) is 11.2. The summed E-state index contributed by atoms with van der Waals surface area (Å²) < 4.78 is 166. The molecule has 0 spiro atoms. The number of phenols is 2. The smallest absolute Gasteiger partial charge is 1.00 e. The summed E-state index contributed by atoms with van der Waals surface area (Å²) >= 11 is 2.30. The van der Waals surface area contributed by atoms with Crippen molar-refractivity contribution in [3.05, 3.63) is 158 Å². The summed E-state index contributed by atoms with van der Waals surface area (Å²) in [7, 11) is -2.60. The molecule has 7 aromatic rings. The summed E-state index contributed by atoms with van der Waals surface area (Å²) in [6, 6.07) is 20.6. The molecule has 0 fully saturated rings. The van der Waals surface area contributed by atoms with Gasteiger partial charge in [0.25, 0.3) is 6.47 Å². The fourth-order valence-corrected chi connectivity index (χ4v) is 5.35. The van der Waals surface area contributed by atoms with E-state index in [4.69, 9.17) is 46.8 Å². The van der Waals surface area contributed by atoms with Crippen LogP contribution < -0.4 is 113 Å². The second kappa shape index (κ2) is 30.2. The average molecular weight is 1080 g/mol. The van der Waals surface area contributed by atoms with Gasteiger partial charge < -0.3 is 36.2 Å². The molecule has 0 aliphatic rings. The molecule has 4 N–H and O–H groups in total. The molecule has 11 nitrogen and oxygen atoms in total. The normalized spacial score (nSPS) is 9.63. The molecule has 0 atom stereocenters. The number of hydrogen-bond acceptors (Lipinski definition) is 11. The van der Waals surface area contributed by atoms with Gasteiger partial charge in [-0.25, -0.2) is 48.3 Å². The molecule has 0 amide bonds. The minimum absolute atomic E-state index is 0. The Morgan fingerprint density at radius 2 is 1.04 bits per heavy atom. The van der Waals surface area contributed by atoms with Crippen LogP contribution in [0.5, 0.6) is 11.5 Å². The van der Waals surface area contributed by atoms with Crippen molar-refractivity contribution in [2.24, 2.45) is 0 Å².